The third-order valence-corrected chi connectivity index (χ3v) is 3.32. The van der Waals surface area contributed by atoms with Crippen LogP contribution in [-0.2, 0) is 4.74 Å². The van der Waals surface area contributed by atoms with Gasteiger partial charge in [-0.3, -0.25) is 0 Å². The van der Waals surface area contributed by atoms with Crippen LogP contribution in [0.1, 0.15) is 12.6 Å². The first-order valence-electron chi connectivity index (χ1n) is 5.79. The van der Waals surface area contributed by atoms with Crippen LogP contribution < -0.4 is 0 Å². The number of aromatic nitrogens is 1. The molecule has 3 atom stereocenters. The summed E-state index contributed by atoms with van der Waals surface area (Å²) in [5.41, 5.74) is 1.09. The first-order valence-corrected chi connectivity index (χ1v) is 5.79. The fourth-order valence-electron chi connectivity index (χ4n) is 2.41. The molecule has 17 heavy (non-hydrogen) atoms. The number of aliphatic hydroxyl groups is 2. The third-order valence-electron chi connectivity index (χ3n) is 3.32. The summed E-state index contributed by atoms with van der Waals surface area (Å²) in [4.78, 5) is 0. The average Bonchev–Trinajstić information content (AvgIpc) is 2.92. The minimum atomic E-state index is -0.592. The summed E-state index contributed by atoms with van der Waals surface area (Å²) in [6, 6.07) is 10.1. The smallest absolute Gasteiger partial charge is 0.137 e. The molecule has 0 unspecified atom stereocenters. The van der Waals surface area contributed by atoms with Crippen molar-refractivity contribution < 1.29 is 14.9 Å². The van der Waals surface area contributed by atoms with Crippen molar-refractivity contribution in [3.63, 3.8) is 0 Å². The number of hydrogen-bond acceptors (Lipinski definition) is 3. The highest BCUT2D eigenvalue weighted by molar-refractivity contribution is 5.80. The Bertz CT molecular complexity index is 522. The lowest BCUT2D eigenvalue weighted by Gasteiger charge is -2.14. The molecule has 1 aromatic heterocycles. The van der Waals surface area contributed by atoms with Crippen molar-refractivity contribution >= 4 is 10.9 Å². The Morgan fingerprint density at radius 2 is 2.12 bits per heavy atom. The quantitative estimate of drug-likeness (QED) is 0.821. The summed E-state index contributed by atoms with van der Waals surface area (Å²) in [5.74, 6) is 0. The van der Waals surface area contributed by atoms with Gasteiger partial charge in [0.2, 0.25) is 0 Å². The number of aliphatic hydroxyl groups excluding tert-OH is 2. The molecular weight excluding hydrogens is 218 g/mol. The summed E-state index contributed by atoms with van der Waals surface area (Å²) in [7, 11) is 0. The summed E-state index contributed by atoms with van der Waals surface area (Å²) >= 11 is 0. The maximum atomic E-state index is 9.73. The highest BCUT2D eigenvalue weighted by atomic mass is 16.5. The van der Waals surface area contributed by atoms with Crippen molar-refractivity contribution in [2.75, 3.05) is 6.61 Å². The van der Waals surface area contributed by atoms with Gasteiger partial charge in [0.25, 0.3) is 0 Å². The van der Waals surface area contributed by atoms with Crippen molar-refractivity contribution in [3.8, 4) is 0 Å². The highest BCUT2D eigenvalue weighted by Crippen LogP contribution is 2.31. The molecule has 0 bridgehead atoms. The van der Waals surface area contributed by atoms with Crippen LogP contribution in [0.5, 0.6) is 0 Å². The first kappa shape index (κ1) is 10.8. The largest absolute Gasteiger partial charge is 0.394 e. The van der Waals surface area contributed by atoms with Crippen LogP contribution in [0.4, 0.5) is 0 Å². The SMILES string of the molecule is OC[C@H]1O[C@@H](n2ccc3ccccc32)C[C@@H]1O. The minimum Gasteiger partial charge on any atom is -0.394 e. The van der Waals surface area contributed by atoms with E-state index in [1.165, 1.54) is 0 Å². The molecule has 2 N–H and O–H groups in total. The lowest BCUT2D eigenvalue weighted by molar-refractivity contribution is -0.0428. The number of rotatable bonds is 2. The van der Waals surface area contributed by atoms with Gasteiger partial charge in [0.15, 0.2) is 0 Å². The molecule has 0 aliphatic carbocycles. The Balaban J connectivity index is 1.95. The van der Waals surface area contributed by atoms with E-state index in [1.807, 2.05) is 41.1 Å². The van der Waals surface area contributed by atoms with Gasteiger partial charge >= 0.3 is 0 Å². The molecule has 2 heterocycles. The Morgan fingerprint density at radius 3 is 2.88 bits per heavy atom. The molecule has 4 nitrogen and oxygen atoms in total. The third kappa shape index (κ3) is 1.74. The second-order valence-corrected chi connectivity index (χ2v) is 4.40. The van der Waals surface area contributed by atoms with Gasteiger partial charge < -0.3 is 19.5 Å². The van der Waals surface area contributed by atoms with Crippen LogP contribution in [0.25, 0.3) is 10.9 Å². The lowest BCUT2D eigenvalue weighted by Crippen LogP contribution is -2.24. The number of fused-ring (bicyclic) bond motifs is 1. The molecule has 4 heteroatoms. The van der Waals surface area contributed by atoms with Gasteiger partial charge in [0, 0.05) is 12.6 Å². The molecule has 1 saturated heterocycles. The molecule has 3 rings (SSSR count). The fraction of sp³-hybridized carbons (Fsp3) is 0.385. The van der Waals surface area contributed by atoms with E-state index >= 15 is 0 Å². The predicted octanol–water partition coefficient (Wildman–Crippen LogP) is 1.28. The van der Waals surface area contributed by atoms with E-state index < -0.39 is 12.2 Å². The number of para-hydroxylation sites is 1. The van der Waals surface area contributed by atoms with E-state index in [0.717, 1.165) is 10.9 Å². The number of hydrogen-bond donors (Lipinski definition) is 2. The van der Waals surface area contributed by atoms with Gasteiger partial charge in [0.1, 0.15) is 12.3 Å². The summed E-state index contributed by atoms with van der Waals surface area (Å²) in [5, 5.41) is 20.0. The Morgan fingerprint density at radius 1 is 1.29 bits per heavy atom. The van der Waals surface area contributed by atoms with E-state index in [4.69, 9.17) is 9.84 Å². The zero-order valence-corrected chi connectivity index (χ0v) is 9.36. The molecule has 1 fully saturated rings. The van der Waals surface area contributed by atoms with E-state index in [-0.39, 0.29) is 12.8 Å². The maximum absolute atomic E-state index is 9.73. The molecule has 0 radical (unpaired) electrons. The van der Waals surface area contributed by atoms with E-state index in [9.17, 15) is 5.11 Å². The molecular formula is C13H15NO3. The van der Waals surface area contributed by atoms with Crippen molar-refractivity contribution in [2.45, 2.75) is 24.9 Å². The van der Waals surface area contributed by atoms with Gasteiger partial charge in [-0.05, 0) is 17.5 Å². The van der Waals surface area contributed by atoms with Crippen LogP contribution in [0, 0.1) is 0 Å². The van der Waals surface area contributed by atoms with E-state index in [1.54, 1.807) is 0 Å². The van der Waals surface area contributed by atoms with E-state index in [2.05, 4.69) is 0 Å². The average molecular weight is 233 g/mol. The van der Waals surface area contributed by atoms with Crippen LogP contribution in [0.3, 0.4) is 0 Å². The molecule has 1 aliphatic heterocycles. The molecule has 0 amide bonds. The lowest BCUT2D eigenvalue weighted by atomic mass is 10.2. The molecule has 1 aliphatic rings. The monoisotopic (exact) mass is 233 g/mol. The fourth-order valence-corrected chi connectivity index (χ4v) is 2.41. The molecule has 0 spiro atoms. The van der Waals surface area contributed by atoms with Crippen LogP contribution >= 0.6 is 0 Å². The van der Waals surface area contributed by atoms with Crippen LogP contribution in [-0.4, -0.2) is 33.6 Å². The Kier molecular flexibility index (Phi) is 2.63. The molecule has 2 aromatic rings. The van der Waals surface area contributed by atoms with Crippen molar-refractivity contribution in [1.29, 1.82) is 0 Å². The Labute approximate surface area is 99.1 Å². The van der Waals surface area contributed by atoms with Crippen molar-refractivity contribution in [3.05, 3.63) is 36.5 Å². The second kappa shape index (κ2) is 4.14. The van der Waals surface area contributed by atoms with Crippen molar-refractivity contribution in [2.24, 2.45) is 0 Å². The zero-order chi connectivity index (χ0) is 11.8. The number of nitrogens with zero attached hydrogens (tertiary/aromatic N) is 1. The standard InChI is InChI=1S/C13H15NO3/c15-8-12-11(16)7-13(17-12)14-6-5-9-3-1-2-4-10(9)14/h1-6,11-13,15-16H,7-8H2/t11-,12+,13+/m0/s1. The Hall–Kier alpha value is -1.36. The first-order chi connectivity index (χ1) is 8.29. The molecule has 1 aromatic carbocycles. The van der Waals surface area contributed by atoms with Gasteiger partial charge in [-0.2, -0.15) is 0 Å². The van der Waals surface area contributed by atoms with Gasteiger partial charge in [0.05, 0.1) is 18.2 Å². The van der Waals surface area contributed by atoms with Gasteiger partial charge in [-0.1, -0.05) is 18.2 Å². The van der Waals surface area contributed by atoms with E-state index in [0.29, 0.717) is 6.42 Å². The minimum absolute atomic E-state index is 0.142. The summed E-state index contributed by atoms with van der Waals surface area (Å²) < 4.78 is 7.65. The number of ether oxygens (including phenoxy) is 1. The zero-order valence-electron chi connectivity index (χ0n) is 9.36. The van der Waals surface area contributed by atoms with Gasteiger partial charge in [-0.25, -0.2) is 0 Å². The topological polar surface area (TPSA) is 54.6 Å². The maximum Gasteiger partial charge on any atom is 0.137 e. The van der Waals surface area contributed by atoms with Crippen LogP contribution in [0.15, 0.2) is 36.5 Å². The summed E-state index contributed by atoms with van der Waals surface area (Å²) in [6.45, 7) is -0.142. The predicted molar refractivity (Wildman–Crippen MR) is 63.6 cm³/mol. The van der Waals surface area contributed by atoms with Crippen molar-refractivity contribution in [1.82, 2.24) is 4.57 Å². The highest BCUT2D eigenvalue weighted by Gasteiger charge is 2.34. The molecule has 0 saturated carbocycles. The van der Waals surface area contributed by atoms with Gasteiger partial charge in [-0.15, -0.1) is 0 Å². The normalized spacial score (nSPS) is 28.9. The second-order valence-electron chi connectivity index (χ2n) is 4.40. The van der Waals surface area contributed by atoms with Crippen LogP contribution in [0.2, 0.25) is 0 Å². The molecule has 90 valence electrons. The number of benzene rings is 1. The summed E-state index contributed by atoms with van der Waals surface area (Å²) in [6.07, 6.45) is 1.22.